The quantitative estimate of drug-likeness (QED) is 0.486. The number of rotatable bonds is 6. The number of benzene rings is 1. The average molecular weight is 318 g/mol. The van der Waals surface area contributed by atoms with Gasteiger partial charge in [-0.15, -0.1) is 0 Å². The van der Waals surface area contributed by atoms with Crippen molar-refractivity contribution in [3.05, 3.63) is 57.0 Å². The van der Waals surface area contributed by atoms with E-state index in [0.717, 1.165) is 22.6 Å². The van der Waals surface area contributed by atoms with Crippen LogP contribution < -0.4 is 10.7 Å². The van der Waals surface area contributed by atoms with E-state index >= 15 is 0 Å². The minimum atomic E-state index is -0.466. The first-order chi connectivity index (χ1) is 10.5. The Balaban J connectivity index is 1.78. The first-order valence-electron chi connectivity index (χ1n) is 6.41. The molecular formula is C14H14N4O3S. The predicted molar refractivity (Wildman–Crippen MR) is 86.4 cm³/mol. The molecule has 0 bridgehead atoms. The van der Waals surface area contributed by atoms with Crippen molar-refractivity contribution in [2.24, 2.45) is 5.10 Å². The summed E-state index contributed by atoms with van der Waals surface area (Å²) in [4.78, 5) is 22.3. The molecule has 114 valence electrons. The molecule has 0 fully saturated rings. The van der Waals surface area contributed by atoms with Crippen LogP contribution in [0, 0.1) is 17.0 Å². The van der Waals surface area contributed by atoms with Crippen molar-refractivity contribution in [1.82, 2.24) is 5.43 Å². The van der Waals surface area contributed by atoms with E-state index in [1.807, 2.05) is 31.2 Å². The molecule has 1 aromatic heterocycles. The Hall–Kier alpha value is -2.74. The summed E-state index contributed by atoms with van der Waals surface area (Å²) >= 11 is 0.989. The second-order valence-corrected chi connectivity index (χ2v) is 5.54. The number of thiophene rings is 1. The van der Waals surface area contributed by atoms with E-state index in [4.69, 9.17) is 0 Å². The highest BCUT2D eigenvalue weighted by atomic mass is 32.1. The molecule has 0 spiro atoms. The van der Waals surface area contributed by atoms with Gasteiger partial charge in [-0.1, -0.05) is 29.0 Å². The molecule has 0 saturated carbocycles. The highest BCUT2D eigenvalue weighted by molar-refractivity contribution is 7.16. The maximum absolute atomic E-state index is 11.6. The summed E-state index contributed by atoms with van der Waals surface area (Å²) in [6.07, 6.45) is 1.38. The van der Waals surface area contributed by atoms with Crippen molar-refractivity contribution in [3.63, 3.8) is 0 Å². The fourth-order valence-electron chi connectivity index (χ4n) is 1.57. The molecule has 0 unspecified atom stereocenters. The Bertz CT molecular complexity index is 694. The van der Waals surface area contributed by atoms with E-state index in [2.05, 4.69) is 15.8 Å². The van der Waals surface area contributed by atoms with Crippen molar-refractivity contribution in [2.75, 3.05) is 11.9 Å². The van der Waals surface area contributed by atoms with Crippen LogP contribution in [0.5, 0.6) is 0 Å². The van der Waals surface area contributed by atoms with Crippen LogP contribution in [0.2, 0.25) is 0 Å². The standard InChI is InChI=1S/C14H14N4O3S/c1-10-2-4-11(5-3-10)15-9-13(19)17-16-8-12-6-7-14(22-12)18(20)21/h2-8,15H,9H2,1H3,(H,17,19). The Morgan fingerprint density at radius 1 is 1.32 bits per heavy atom. The molecule has 0 aliphatic carbocycles. The zero-order chi connectivity index (χ0) is 15.9. The van der Waals surface area contributed by atoms with Gasteiger partial charge in [0.25, 0.3) is 5.91 Å². The number of nitrogens with one attached hydrogen (secondary N) is 2. The van der Waals surface area contributed by atoms with Crippen LogP contribution in [-0.2, 0) is 4.79 Å². The maximum atomic E-state index is 11.6. The summed E-state index contributed by atoms with van der Waals surface area (Å²) in [5.41, 5.74) is 4.35. The summed E-state index contributed by atoms with van der Waals surface area (Å²) in [6, 6.07) is 10.6. The zero-order valence-corrected chi connectivity index (χ0v) is 12.6. The molecule has 2 rings (SSSR count). The topological polar surface area (TPSA) is 96.6 Å². The van der Waals surface area contributed by atoms with Gasteiger partial charge >= 0.3 is 5.00 Å². The number of anilines is 1. The maximum Gasteiger partial charge on any atom is 0.324 e. The first-order valence-corrected chi connectivity index (χ1v) is 7.23. The molecule has 1 aromatic carbocycles. The Morgan fingerprint density at radius 2 is 2.05 bits per heavy atom. The van der Waals surface area contributed by atoms with Crippen molar-refractivity contribution in [3.8, 4) is 0 Å². The number of amides is 1. The number of nitro groups is 1. The molecule has 0 aliphatic rings. The molecular weight excluding hydrogens is 304 g/mol. The van der Waals surface area contributed by atoms with Crippen LogP contribution in [0.25, 0.3) is 0 Å². The third-order valence-corrected chi connectivity index (χ3v) is 3.65. The Labute approximate surface area is 130 Å². The van der Waals surface area contributed by atoms with E-state index in [0.29, 0.717) is 4.88 Å². The largest absolute Gasteiger partial charge is 0.376 e. The van der Waals surface area contributed by atoms with Crippen molar-refractivity contribution < 1.29 is 9.72 Å². The predicted octanol–water partition coefficient (Wildman–Crippen LogP) is 2.53. The Kier molecular flexibility index (Phi) is 5.21. The molecule has 0 aliphatic heterocycles. The number of hydrogen-bond acceptors (Lipinski definition) is 6. The normalized spacial score (nSPS) is 10.6. The van der Waals surface area contributed by atoms with Gasteiger partial charge in [0.05, 0.1) is 22.6 Å². The van der Waals surface area contributed by atoms with Gasteiger partial charge in [0.15, 0.2) is 0 Å². The number of carbonyl (C=O) groups is 1. The third-order valence-electron chi connectivity index (χ3n) is 2.68. The number of carbonyl (C=O) groups excluding carboxylic acids is 1. The molecule has 0 saturated heterocycles. The van der Waals surface area contributed by atoms with E-state index in [9.17, 15) is 14.9 Å². The molecule has 7 nitrogen and oxygen atoms in total. The lowest BCUT2D eigenvalue weighted by Crippen LogP contribution is -2.25. The van der Waals surface area contributed by atoms with Gasteiger partial charge in [-0.3, -0.25) is 14.9 Å². The van der Waals surface area contributed by atoms with Gasteiger partial charge in [0, 0.05) is 11.8 Å². The molecule has 0 radical (unpaired) electrons. The van der Waals surface area contributed by atoms with Gasteiger partial charge in [-0.05, 0) is 25.1 Å². The summed E-state index contributed by atoms with van der Waals surface area (Å²) < 4.78 is 0. The highest BCUT2D eigenvalue weighted by Crippen LogP contribution is 2.22. The fraction of sp³-hybridized carbons (Fsp3) is 0.143. The lowest BCUT2D eigenvalue weighted by molar-refractivity contribution is -0.380. The molecule has 8 heteroatoms. The average Bonchev–Trinajstić information content (AvgIpc) is 2.96. The molecule has 2 aromatic rings. The van der Waals surface area contributed by atoms with Gasteiger partial charge in [-0.2, -0.15) is 5.10 Å². The summed E-state index contributed by atoms with van der Waals surface area (Å²) in [6.45, 7) is 2.07. The lowest BCUT2D eigenvalue weighted by Gasteiger charge is -2.05. The SMILES string of the molecule is Cc1ccc(NCC(=O)NN=Cc2ccc([N+](=O)[O-])s2)cc1. The van der Waals surface area contributed by atoms with Crippen LogP contribution in [0.15, 0.2) is 41.5 Å². The van der Waals surface area contributed by atoms with Crippen molar-refractivity contribution in [2.45, 2.75) is 6.92 Å². The van der Waals surface area contributed by atoms with E-state index < -0.39 is 4.92 Å². The van der Waals surface area contributed by atoms with Gasteiger partial charge in [0.2, 0.25) is 0 Å². The van der Waals surface area contributed by atoms with Crippen LogP contribution in [0.3, 0.4) is 0 Å². The molecule has 1 amide bonds. The zero-order valence-electron chi connectivity index (χ0n) is 11.8. The van der Waals surface area contributed by atoms with Crippen LogP contribution in [-0.4, -0.2) is 23.6 Å². The number of hydrazone groups is 1. The van der Waals surface area contributed by atoms with Gasteiger partial charge in [-0.25, -0.2) is 5.43 Å². The van der Waals surface area contributed by atoms with Gasteiger partial charge in [0.1, 0.15) is 0 Å². The highest BCUT2D eigenvalue weighted by Gasteiger charge is 2.08. The van der Waals surface area contributed by atoms with Crippen LogP contribution >= 0.6 is 11.3 Å². The number of nitrogens with zero attached hydrogens (tertiary/aromatic N) is 2. The summed E-state index contributed by atoms with van der Waals surface area (Å²) in [5, 5.41) is 17.3. The summed E-state index contributed by atoms with van der Waals surface area (Å²) in [7, 11) is 0. The number of hydrogen-bond donors (Lipinski definition) is 2. The lowest BCUT2D eigenvalue weighted by atomic mass is 10.2. The molecule has 0 atom stereocenters. The smallest absolute Gasteiger partial charge is 0.324 e. The monoisotopic (exact) mass is 318 g/mol. The van der Waals surface area contributed by atoms with Crippen LogP contribution in [0.4, 0.5) is 10.7 Å². The van der Waals surface area contributed by atoms with E-state index in [1.165, 1.54) is 12.3 Å². The van der Waals surface area contributed by atoms with Crippen molar-refractivity contribution >= 4 is 34.1 Å². The van der Waals surface area contributed by atoms with Crippen LogP contribution in [0.1, 0.15) is 10.4 Å². The third kappa shape index (κ3) is 4.67. The Morgan fingerprint density at radius 3 is 2.68 bits per heavy atom. The number of aryl methyl sites for hydroxylation is 1. The second kappa shape index (κ2) is 7.32. The molecule has 1 heterocycles. The second-order valence-electron chi connectivity index (χ2n) is 4.45. The van der Waals surface area contributed by atoms with E-state index in [-0.39, 0.29) is 17.5 Å². The minimum Gasteiger partial charge on any atom is -0.376 e. The van der Waals surface area contributed by atoms with Gasteiger partial charge < -0.3 is 5.32 Å². The minimum absolute atomic E-state index is 0.0359. The van der Waals surface area contributed by atoms with E-state index in [1.54, 1.807) is 6.07 Å². The first kappa shape index (κ1) is 15.6. The molecule has 22 heavy (non-hydrogen) atoms. The molecule has 2 N–H and O–H groups in total. The fourth-order valence-corrected chi connectivity index (χ4v) is 2.26. The van der Waals surface area contributed by atoms with Crippen molar-refractivity contribution in [1.29, 1.82) is 0 Å². The summed E-state index contributed by atoms with van der Waals surface area (Å²) in [5.74, 6) is -0.303.